The minimum absolute atomic E-state index is 0.139. The first-order chi connectivity index (χ1) is 17.8. The Morgan fingerprint density at radius 2 is 1.76 bits per heavy atom. The average molecular weight is 538 g/mol. The Morgan fingerprint density at radius 1 is 1.05 bits per heavy atom. The average Bonchev–Trinajstić information content (AvgIpc) is 3.11. The van der Waals surface area contributed by atoms with Gasteiger partial charge in [0, 0.05) is 5.02 Å². The lowest BCUT2D eigenvalue weighted by molar-refractivity contribution is -0.161. The largest absolute Gasteiger partial charge is 0.493 e. The van der Waals surface area contributed by atoms with E-state index >= 15 is 0 Å². The maximum Gasteiger partial charge on any atom is 0.317 e. The van der Waals surface area contributed by atoms with Gasteiger partial charge in [-0.05, 0) is 110 Å². The molecule has 0 atom stereocenters. The van der Waals surface area contributed by atoms with Gasteiger partial charge in [0.05, 0.1) is 24.0 Å². The minimum Gasteiger partial charge on any atom is -0.493 e. The predicted octanol–water partition coefficient (Wildman–Crippen LogP) is 6.71. The smallest absolute Gasteiger partial charge is 0.317 e. The van der Waals surface area contributed by atoms with Gasteiger partial charge in [0.1, 0.15) is 0 Å². The topological polar surface area (TPSA) is 72.9 Å². The van der Waals surface area contributed by atoms with Gasteiger partial charge in [-0.2, -0.15) is 0 Å². The van der Waals surface area contributed by atoms with Crippen LogP contribution in [0.15, 0.2) is 47.4 Å². The van der Waals surface area contributed by atoms with Crippen molar-refractivity contribution in [3.63, 3.8) is 0 Å². The molecule has 0 radical (unpaired) electrons. The third kappa shape index (κ3) is 4.68. The van der Waals surface area contributed by atoms with E-state index in [1.807, 2.05) is 6.07 Å². The third-order valence-corrected chi connectivity index (χ3v) is 9.41. The van der Waals surface area contributed by atoms with Crippen molar-refractivity contribution in [3.05, 3.63) is 63.5 Å². The molecule has 1 aliphatic heterocycles. The fraction of sp³-hybridized carbons (Fsp3) is 0.414. The number of amides is 2. The highest BCUT2D eigenvalue weighted by molar-refractivity contribution is 8.18. The van der Waals surface area contributed by atoms with Crippen LogP contribution in [-0.4, -0.2) is 29.1 Å². The van der Waals surface area contributed by atoms with Gasteiger partial charge in [-0.25, -0.2) is 0 Å². The number of rotatable bonds is 6. The second kappa shape index (κ2) is 9.52. The number of thioether (sulfide) groups is 1. The first kappa shape index (κ1) is 24.6. The van der Waals surface area contributed by atoms with E-state index in [4.69, 9.17) is 21.1 Å². The van der Waals surface area contributed by atoms with Gasteiger partial charge in [-0.15, -0.1) is 0 Å². The first-order valence-electron chi connectivity index (χ1n) is 12.7. The summed E-state index contributed by atoms with van der Waals surface area (Å²) in [6, 6.07) is 12.3. The molecule has 0 unspecified atom stereocenters. The summed E-state index contributed by atoms with van der Waals surface area (Å²) < 4.78 is 11.5. The van der Waals surface area contributed by atoms with Gasteiger partial charge in [0.25, 0.3) is 11.1 Å². The molecule has 6 nitrogen and oxygen atoms in total. The fourth-order valence-electron chi connectivity index (χ4n) is 7.03. The Bertz CT molecular complexity index is 1290. The molecule has 4 saturated carbocycles. The number of carbonyl (C=O) groups is 3. The zero-order valence-corrected chi connectivity index (χ0v) is 22.1. The molecule has 37 heavy (non-hydrogen) atoms. The van der Waals surface area contributed by atoms with Crippen LogP contribution in [0.5, 0.6) is 11.5 Å². The van der Waals surface area contributed by atoms with Gasteiger partial charge < -0.3 is 9.47 Å². The van der Waals surface area contributed by atoms with Crippen molar-refractivity contribution in [1.29, 1.82) is 0 Å². The molecular formula is C29H28ClNO5S. The molecule has 192 valence electrons. The normalized spacial score (nSPS) is 29.3. The number of methoxy groups -OCH3 is 1. The molecule has 2 aromatic rings. The third-order valence-electron chi connectivity index (χ3n) is 8.26. The van der Waals surface area contributed by atoms with Gasteiger partial charge in [0.15, 0.2) is 11.5 Å². The molecule has 4 bridgehead atoms. The number of esters is 1. The van der Waals surface area contributed by atoms with Gasteiger partial charge in [-0.3, -0.25) is 19.3 Å². The molecule has 2 aromatic carbocycles. The monoisotopic (exact) mass is 537 g/mol. The Morgan fingerprint density at radius 3 is 2.41 bits per heavy atom. The quantitative estimate of drug-likeness (QED) is 0.232. The molecule has 1 heterocycles. The zero-order chi connectivity index (χ0) is 25.7. The Kier molecular flexibility index (Phi) is 6.32. The number of nitrogens with zero attached hydrogens (tertiary/aromatic N) is 1. The summed E-state index contributed by atoms with van der Waals surface area (Å²) in [6.07, 6.45) is 8.24. The van der Waals surface area contributed by atoms with E-state index in [9.17, 15) is 14.4 Å². The highest BCUT2D eigenvalue weighted by atomic mass is 35.5. The van der Waals surface area contributed by atoms with Crippen molar-refractivity contribution in [2.45, 2.75) is 45.1 Å². The van der Waals surface area contributed by atoms with Crippen LogP contribution in [0.2, 0.25) is 5.02 Å². The fourth-order valence-corrected chi connectivity index (χ4v) is 8.08. The number of carbonyl (C=O) groups excluding carboxylic acids is 3. The molecule has 5 fully saturated rings. The summed E-state index contributed by atoms with van der Waals surface area (Å²) in [6.45, 7) is 0.158. The number of hydrogen-bond donors (Lipinski definition) is 0. The molecule has 4 aliphatic carbocycles. The van der Waals surface area contributed by atoms with Gasteiger partial charge >= 0.3 is 5.97 Å². The number of halogens is 1. The summed E-state index contributed by atoms with van der Waals surface area (Å²) in [5, 5.41) is 0.223. The number of benzene rings is 2. The highest BCUT2D eigenvalue weighted by Crippen LogP contribution is 2.60. The van der Waals surface area contributed by atoms with Crippen LogP contribution < -0.4 is 9.47 Å². The maximum absolute atomic E-state index is 13.4. The molecular weight excluding hydrogens is 510 g/mol. The van der Waals surface area contributed by atoms with Crippen molar-refractivity contribution in [3.8, 4) is 11.5 Å². The Balaban J connectivity index is 1.18. The van der Waals surface area contributed by atoms with E-state index in [-0.39, 0.29) is 29.1 Å². The molecule has 5 aliphatic rings. The van der Waals surface area contributed by atoms with Gasteiger partial charge in [-0.1, -0.05) is 29.8 Å². The minimum atomic E-state index is -0.361. The number of hydrogen-bond acceptors (Lipinski definition) is 6. The molecule has 8 heteroatoms. The van der Waals surface area contributed by atoms with Crippen molar-refractivity contribution in [2.24, 2.45) is 23.2 Å². The summed E-state index contributed by atoms with van der Waals surface area (Å²) in [7, 11) is 1.53. The molecule has 0 N–H and O–H groups in total. The summed E-state index contributed by atoms with van der Waals surface area (Å²) in [5.74, 6) is 2.26. The van der Waals surface area contributed by atoms with Crippen LogP contribution in [0.1, 0.15) is 49.7 Å². The van der Waals surface area contributed by atoms with E-state index in [0.717, 1.165) is 36.6 Å². The summed E-state index contributed by atoms with van der Waals surface area (Å²) in [4.78, 5) is 40.4. The lowest BCUT2D eigenvalue weighted by Crippen LogP contribution is -2.51. The van der Waals surface area contributed by atoms with Crippen LogP contribution in [0.4, 0.5) is 4.79 Å². The summed E-state index contributed by atoms with van der Waals surface area (Å²) in [5.41, 5.74) is 1.10. The van der Waals surface area contributed by atoms with Crippen LogP contribution in [0.3, 0.4) is 0 Å². The van der Waals surface area contributed by atoms with Crippen LogP contribution in [0, 0.1) is 23.2 Å². The van der Waals surface area contributed by atoms with Crippen molar-refractivity contribution < 1.29 is 23.9 Å². The van der Waals surface area contributed by atoms with E-state index in [1.54, 1.807) is 42.5 Å². The number of ether oxygens (including phenoxy) is 2. The molecule has 7 rings (SSSR count). The lowest BCUT2D eigenvalue weighted by atomic mass is 9.49. The van der Waals surface area contributed by atoms with Crippen molar-refractivity contribution in [1.82, 2.24) is 4.90 Å². The van der Waals surface area contributed by atoms with E-state index < -0.39 is 0 Å². The van der Waals surface area contributed by atoms with Crippen LogP contribution >= 0.6 is 23.4 Å². The van der Waals surface area contributed by atoms with E-state index in [1.165, 1.54) is 31.3 Å². The first-order valence-corrected chi connectivity index (χ1v) is 13.9. The van der Waals surface area contributed by atoms with E-state index in [2.05, 4.69) is 0 Å². The second-order valence-electron chi connectivity index (χ2n) is 10.9. The SMILES string of the molecule is COc1cc(/C=C2\SC(=O)N(Cc3cccc(Cl)c3)C2=O)ccc1OC(=O)C12CC3CC(CC(C3)C1)C2. The standard InChI is InChI=1S/C29H28ClNO5S/c1-35-24-11-17(12-25-26(32)31(28(34)37-25)16-18-3-2-4-22(30)10-18)5-6-23(24)36-27(33)29-13-19-7-20(14-29)9-21(8-19)15-29/h2-6,10-12,19-21H,7-9,13-16H2,1H3/b25-12-. The van der Waals surface area contributed by atoms with Crippen LogP contribution in [-0.2, 0) is 16.1 Å². The zero-order valence-electron chi connectivity index (χ0n) is 20.6. The Hall–Kier alpha value is -2.77. The van der Waals surface area contributed by atoms with E-state index in [0.29, 0.717) is 44.7 Å². The number of imide groups is 1. The second-order valence-corrected chi connectivity index (χ2v) is 12.3. The maximum atomic E-state index is 13.4. The summed E-state index contributed by atoms with van der Waals surface area (Å²) >= 11 is 6.94. The van der Waals surface area contributed by atoms with Crippen molar-refractivity contribution in [2.75, 3.05) is 7.11 Å². The van der Waals surface area contributed by atoms with Crippen molar-refractivity contribution >= 4 is 46.6 Å². The molecule has 0 spiro atoms. The molecule has 2 amide bonds. The molecule has 0 aromatic heterocycles. The predicted molar refractivity (Wildman–Crippen MR) is 142 cm³/mol. The Labute approximate surface area is 225 Å². The highest BCUT2D eigenvalue weighted by Gasteiger charge is 2.55. The van der Waals surface area contributed by atoms with Gasteiger partial charge in [0.2, 0.25) is 0 Å². The lowest BCUT2D eigenvalue weighted by Gasteiger charge is -2.55. The van der Waals surface area contributed by atoms with Crippen LogP contribution in [0.25, 0.3) is 6.08 Å². The molecule has 1 saturated heterocycles.